The first-order valence-corrected chi connectivity index (χ1v) is 8.21. The van der Waals surface area contributed by atoms with Gasteiger partial charge < -0.3 is 5.32 Å². The maximum Gasteiger partial charge on any atom is 0.416 e. The largest absolute Gasteiger partial charge is 0.416 e. The van der Waals surface area contributed by atoms with Crippen LogP contribution in [0.5, 0.6) is 0 Å². The Morgan fingerprint density at radius 2 is 1.95 bits per heavy atom. The molecule has 0 spiro atoms. The van der Waals surface area contributed by atoms with E-state index in [4.69, 9.17) is 0 Å². The fourth-order valence-corrected chi connectivity index (χ4v) is 2.39. The maximum atomic E-state index is 12.5. The van der Waals surface area contributed by atoms with E-state index >= 15 is 0 Å². The molecule has 118 valence electrons. The molecule has 1 amide bonds. The number of sulfone groups is 1. The number of carbonyl (C=O) groups excluding carboxylic acids is 1. The molecule has 0 aromatic heterocycles. The molecule has 0 saturated heterocycles. The molecule has 0 aliphatic carbocycles. The predicted molar refractivity (Wildman–Crippen MR) is 72.7 cm³/mol. The number of rotatable bonds is 5. The summed E-state index contributed by atoms with van der Waals surface area (Å²) in [5.74, 6) is -0.765. The van der Waals surface area contributed by atoms with Crippen LogP contribution >= 0.6 is 0 Å². The van der Waals surface area contributed by atoms with Gasteiger partial charge in [0.15, 0.2) is 0 Å². The fourth-order valence-electron chi connectivity index (χ4n) is 1.61. The van der Waals surface area contributed by atoms with Gasteiger partial charge in [0.1, 0.15) is 9.84 Å². The first-order chi connectivity index (χ1) is 9.49. The van der Waals surface area contributed by atoms with Crippen molar-refractivity contribution in [3.63, 3.8) is 0 Å². The van der Waals surface area contributed by atoms with Gasteiger partial charge in [-0.3, -0.25) is 4.79 Å². The molecule has 1 aromatic rings. The van der Waals surface area contributed by atoms with Crippen LogP contribution in [0.15, 0.2) is 24.3 Å². The second kappa shape index (κ2) is 6.46. The molecule has 1 aromatic carbocycles. The zero-order valence-corrected chi connectivity index (χ0v) is 12.4. The van der Waals surface area contributed by atoms with Gasteiger partial charge in [-0.1, -0.05) is 6.07 Å². The number of nitrogens with one attached hydrogen (secondary N) is 1. The zero-order valence-electron chi connectivity index (χ0n) is 11.6. The predicted octanol–water partition coefficient (Wildman–Crippen LogP) is 2.26. The molecule has 0 saturated carbocycles. The normalized spacial score (nSPS) is 13.8. The van der Waals surface area contributed by atoms with Crippen LogP contribution in [0.4, 0.5) is 13.2 Å². The Bertz CT molecular complexity index is 611. The van der Waals surface area contributed by atoms with Crippen molar-refractivity contribution in [2.24, 2.45) is 0 Å². The molecule has 0 aliphatic heterocycles. The van der Waals surface area contributed by atoms with Crippen molar-refractivity contribution >= 4 is 15.7 Å². The van der Waals surface area contributed by atoms with Crippen molar-refractivity contribution in [1.29, 1.82) is 0 Å². The lowest BCUT2D eigenvalue weighted by Gasteiger charge is -2.14. The second-order valence-corrected chi connectivity index (χ2v) is 7.13. The van der Waals surface area contributed by atoms with Gasteiger partial charge in [0.25, 0.3) is 5.91 Å². The van der Waals surface area contributed by atoms with Gasteiger partial charge in [-0.05, 0) is 31.5 Å². The van der Waals surface area contributed by atoms with Gasteiger partial charge in [-0.15, -0.1) is 0 Å². The topological polar surface area (TPSA) is 63.2 Å². The van der Waals surface area contributed by atoms with Gasteiger partial charge in [0.05, 0.1) is 11.3 Å². The molecular formula is C13H16F3NO3S. The highest BCUT2D eigenvalue weighted by Gasteiger charge is 2.30. The minimum Gasteiger partial charge on any atom is -0.350 e. The molecule has 1 atom stereocenters. The third-order valence-corrected chi connectivity index (χ3v) is 3.73. The van der Waals surface area contributed by atoms with Crippen molar-refractivity contribution in [2.45, 2.75) is 25.6 Å². The minimum atomic E-state index is -4.52. The van der Waals surface area contributed by atoms with Crippen LogP contribution in [0, 0.1) is 0 Å². The summed E-state index contributed by atoms with van der Waals surface area (Å²) in [6.07, 6.45) is -3.24. The van der Waals surface area contributed by atoms with Crippen LogP contribution in [0.2, 0.25) is 0 Å². The molecule has 4 nitrogen and oxygen atoms in total. The van der Waals surface area contributed by atoms with Crippen molar-refractivity contribution in [3.05, 3.63) is 35.4 Å². The molecule has 1 N–H and O–H groups in total. The van der Waals surface area contributed by atoms with Crippen molar-refractivity contribution in [3.8, 4) is 0 Å². The lowest BCUT2D eigenvalue weighted by atomic mass is 10.1. The van der Waals surface area contributed by atoms with Crippen LogP contribution in [-0.4, -0.2) is 32.4 Å². The van der Waals surface area contributed by atoms with E-state index in [1.807, 2.05) is 0 Å². The van der Waals surface area contributed by atoms with Crippen LogP contribution in [-0.2, 0) is 16.0 Å². The van der Waals surface area contributed by atoms with E-state index in [0.717, 1.165) is 24.5 Å². The number of halogens is 3. The first kappa shape index (κ1) is 17.5. The third-order valence-electron chi connectivity index (χ3n) is 2.75. The van der Waals surface area contributed by atoms with Crippen molar-refractivity contribution in [2.75, 3.05) is 12.0 Å². The van der Waals surface area contributed by atoms with Gasteiger partial charge in [-0.2, -0.15) is 13.2 Å². The van der Waals surface area contributed by atoms with E-state index in [1.165, 1.54) is 6.07 Å². The van der Waals surface area contributed by atoms with Crippen LogP contribution < -0.4 is 5.32 Å². The molecule has 0 unspecified atom stereocenters. The Balaban J connectivity index is 2.72. The Hall–Kier alpha value is -1.57. The number of hydrogen-bond donors (Lipinski definition) is 1. The summed E-state index contributed by atoms with van der Waals surface area (Å²) < 4.78 is 59.7. The summed E-state index contributed by atoms with van der Waals surface area (Å²) in [5, 5.41) is 2.48. The third kappa shape index (κ3) is 6.16. The number of amides is 1. The maximum absolute atomic E-state index is 12.5. The highest BCUT2D eigenvalue weighted by molar-refractivity contribution is 7.90. The Kier molecular flexibility index (Phi) is 5.38. The zero-order chi connectivity index (χ0) is 16.3. The van der Waals surface area contributed by atoms with Crippen LogP contribution in [0.1, 0.15) is 29.3 Å². The number of benzene rings is 1. The minimum absolute atomic E-state index is 0.100. The van der Waals surface area contributed by atoms with Crippen molar-refractivity contribution in [1.82, 2.24) is 5.32 Å². The fraction of sp³-hybridized carbons (Fsp3) is 0.462. The SMILES string of the molecule is C[C@@H](CCS(C)(=O)=O)NC(=O)c1cccc(C(F)(F)F)c1. The highest BCUT2D eigenvalue weighted by Crippen LogP contribution is 2.29. The van der Waals surface area contributed by atoms with E-state index in [-0.39, 0.29) is 17.7 Å². The van der Waals surface area contributed by atoms with Crippen LogP contribution in [0.25, 0.3) is 0 Å². The standard InChI is InChI=1S/C13H16F3NO3S/c1-9(6-7-21(2,19)20)17-12(18)10-4-3-5-11(8-10)13(14,15)16/h3-5,8-9H,6-7H2,1-2H3,(H,17,18)/t9-/m0/s1. The van der Waals surface area contributed by atoms with Gasteiger partial charge >= 0.3 is 6.18 Å². The average molecular weight is 323 g/mol. The molecule has 0 radical (unpaired) electrons. The lowest BCUT2D eigenvalue weighted by molar-refractivity contribution is -0.137. The summed E-state index contributed by atoms with van der Waals surface area (Å²) in [7, 11) is -3.15. The summed E-state index contributed by atoms with van der Waals surface area (Å²) in [5.41, 5.74) is -1.02. The van der Waals surface area contributed by atoms with E-state index in [9.17, 15) is 26.4 Å². The second-order valence-electron chi connectivity index (χ2n) is 4.87. The van der Waals surface area contributed by atoms with E-state index in [0.29, 0.717) is 0 Å². The van der Waals surface area contributed by atoms with E-state index < -0.39 is 33.5 Å². The molecular weight excluding hydrogens is 307 g/mol. The highest BCUT2D eigenvalue weighted by atomic mass is 32.2. The number of hydrogen-bond acceptors (Lipinski definition) is 3. The molecule has 1 rings (SSSR count). The molecule has 21 heavy (non-hydrogen) atoms. The quantitative estimate of drug-likeness (QED) is 0.904. The Labute approximate surface area is 121 Å². The first-order valence-electron chi connectivity index (χ1n) is 6.15. The van der Waals surface area contributed by atoms with Gasteiger partial charge in [0.2, 0.25) is 0 Å². The summed E-state index contributed by atoms with van der Waals surface area (Å²) in [6.45, 7) is 1.59. The van der Waals surface area contributed by atoms with E-state index in [1.54, 1.807) is 6.92 Å². The molecule has 0 bridgehead atoms. The molecule has 0 fully saturated rings. The number of alkyl halides is 3. The molecule has 0 heterocycles. The van der Waals surface area contributed by atoms with Crippen molar-refractivity contribution < 1.29 is 26.4 Å². The van der Waals surface area contributed by atoms with Crippen LogP contribution in [0.3, 0.4) is 0 Å². The van der Waals surface area contributed by atoms with E-state index in [2.05, 4.69) is 5.32 Å². The average Bonchev–Trinajstić information content (AvgIpc) is 2.34. The molecule has 0 aliphatic rings. The monoisotopic (exact) mass is 323 g/mol. The smallest absolute Gasteiger partial charge is 0.350 e. The van der Waals surface area contributed by atoms with Gasteiger partial charge in [-0.25, -0.2) is 8.42 Å². The summed E-state index contributed by atoms with van der Waals surface area (Å²) in [4.78, 5) is 11.8. The Morgan fingerprint density at radius 1 is 1.33 bits per heavy atom. The Morgan fingerprint density at radius 3 is 2.48 bits per heavy atom. The number of carbonyl (C=O) groups is 1. The lowest BCUT2D eigenvalue weighted by Crippen LogP contribution is -2.34. The summed E-state index contributed by atoms with van der Waals surface area (Å²) >= 11 is 0. The van der Waals surface area contributed by atoms with Gasteiger partial charge in [0, 0.05) is 17.9 Å². The summed E-state index contributed by atoms with van der Waals surface area (Å²) in [6, 6.07) is 3.61. The molecule has 8 heteroatoms.